The SMILES string of the molecule is COc1cccc(-c2nc(C=O)[nH]c2Br)c1F. The Hall–Kier alpha value is -1.69. The first-order valence-corrected chi connectivity index (χ1v) is 5.50. The van der Waals surface area contributed by atoms with Crippen molar-refractivity contribution in [3.63, 3.8) is 0 Å². The number of hydrogen-bond donors (Lipinski definition) is 1. The van der Waals surface area contributed by atoms with Gasteiger partial charge in [-0.2, -0.15) is 0 Å². The van der Waals surface area contributed by atoms with Gasteiger partial charge in [0.1, 0.15) is 10.3 Å². The highest BCUT2D eigenvalue weighted by Crippen LogP contribution is 2.31. The van der Waals surface area contributed by atoms with Crippen LogP contribution in [0, 0.1) is 5.82 Å². The summed E-state index contributed by atoms with van der Waals surface area (Å²) in [6, 6.07) is 4.73. The van der Waals surface area contributed by atoms with Gasteiger partial charge in [0.25, 0.3) is 0 Å². The summed E-state index contributed by atoms with van der Waals surface area (Å²) < 4.78 is 19.3. The van der Waals surface area contributed by atoms with Crippen LogP contribution >= 0.6 is 15.9 Å². The van der Waals surface area contributed by atoms with Crippen molar-refractivity contribution in [3.8, 4) is 17.0 Å². The minimum absolute atomic E-state index is 0.130. The first kappa shape index (κ1) is 11.8. The fraction of sp³-hybridized carbons (Fsp3) is 0.0909. The van der Waals surface area contributed by atoms with Gasteiger partial charge in [-0.15, -0.1) is 0 Å². The standard InChI is InChI=1S/C11H8BrFN2O2/c1-17-7-4-2-3-6(9(7)13)10-11(12)15-8(5-16)14-10/h2-5H,1H3,(H,14,15). The van der Waals surface area contributed by atoms with Gasteiger partial charge in [-0.25, -0.2) is 9.37 Å². The van der Waals surface area contributed by atoms with E-state index in [2.05, 4.69) is 25.9 Å². The predicted octanol–water partition coefficient (Wildman–Crippen LogP) is 2.80. The topological polar surface area (TPSA) is 55.0 Å². The van der Waals surface area contributed by atoms with Crippen LogP contribution in [0.3, 0.4) is 0 Å². The van der Waals surface area contributed by atoms with Gasteiger partial charge in [-0.05, 0) is 28.1 Å². The first-order chi connectivity index (χ1) is 8.17. The minimum atomic E-state index is -0.514. The summed E-state index contributed by atoms with van der Waals surface area (Å²) in [6.07, 6.45) is 0.562. The maximum atomic E-state index is 14.0. The summed E-state index contributed by atoms with van der Waals surface area (Å²) in [4.78, 5) is 17.2. The summed E-state index contributed by atoms with van der Waals surface area (Å²) in [6.45, 7) is 0. The molecule has 0 saturated carbocycles. The zero-order chi connectivity index (χ0) is 12.4. The molecule has 0 atom stereocenters. The van der Waals surface area contributed by atoms with E-state index in [1.165, 1.54) is 13.2 Å². The number of imidazole rings is 1. The zero-order valence-electron chi connectivity index (χ0n) is 8.83. The second-order valence-corrected chi connectivity index (χ2v) is 4.02. The van der Waals surface area contributed by atoms with E-state index in [-0.39, 0.29) is 17.1 Å². The van der Waals surface area contributed by atoms with Crippen LogP contribution in [0.25, 0.3) is 11.3 Å². The van der Waals surface area contributed by atoms with Crippen molar-refractivity contribution in [2.75, 3.05) is 7.11 Å². The molecule has 2 rings (SSSR count). The van der Waals surface area contributed by atoms with E-state index in [4.69, 9.17) is 4.74 Å². The average Bonchev–Trinajstić information content (AvgIpc) is 2.71. The van der Waals surface area contributed by atoms with E-state index in [1.54, 1.807) is 12.1 Å². The van der Waals surface area contributed by atoms with Gasteiger partial charge in [-0.1, -0.05) is 6.07 Å². The second kappa shape index (κ2) is 4.67. The second-order valence-electron chi connectivity index (χ2n) is 3.22. The van der Waals surface area contributed by atoms with Gasteiger partial charge in [0.2, 0.25) is 0 Å². The Morgan fingerprint density at radius 3 is 2.88 bits per heavy atom. The maximum Gasteiger partial charge on any atom is 0.185 e. The number of nitrogens with zero attached hydrogens (tertiary/aromatic N) is 1. The largest absolute Gasteiger partial charge is 0.494 e. The lowest BCUT2D eigenvalue weighted by molar-refractivity contribution is 0.111. The molecule has 0 bridgehead atoms. The number of halogens is 2. The molecule has 4 nitrogen and oxygen atoms in total. The molecule has 0 amide bonds. The smallest absolute Gasteiger partial charge is 0.185 e. The molecular weight excluding hydrogens is 291 g/mol. The molecule has 1 aromatic heterocycles. The third-order valence-corrected chi connectivity index (χ3v) is 2.80. The van der Waals surface area contributed by atoms with Crippen LogP contribution in [0.2, 0.25) is 0 Å². The van der Waals surface area contributed by atoms with Crippen LogP contribution in [0.15, 0.2) is 22.8 Å². The lowest BCUT2D eigenvalue weighted by Crippen LogP contribution is -1.92. The molecule has 0 aliphatic carbocycles. The number of benzene rings is 1. The highest BCUT2D eigenvalue weighted by molar-refractivity contribution is 9.10. The summed E-state index contributed by atoms with van der Waals surface area (Å²) in [5.41, 5.74) is 0.601. The number of nitrogens with one attached hydrogen (secondary N) is 1. The Bertz CT molecular complexity index is 569. The van der Waals surface area contributed by atoms with E-state index < -0.39 is 5.82 Å². The van der Waals surface area contributed by atoms with Crippen molar-refractivity contribution in [2.45, 2.75) is 0 Å². The quantitative estimate of drug-likeness (QED) is 0.887. The molecule has 17 heavy (non-hydrogen) atoms. The van der Waals surface area contributed by atoms with E-state index in [0.717, 1.165) is 0 Å². The van der Waals surface area contributed by atoms with Crippen LogP contribution in [-0.2, 0) is 0 Å². The normalized spacial score (nSPS) is 10.3. The minimum Gasteiger partial charge on any atom is -0.494 e. The molecule has 6 heteroatoms. The summed E-state index contributed by atoms with van der Waals surface area (Å²) in [5, 5.41) is 0. The molecule has 88 valence electrons. The molecule has 2 aromatic rings. The van der Waals surface area contributed by atoms with Crippen molar-refractivity contribution in [2.24, 2.45) is 0 Å². The molecular formula is C11H8BrFN2O2. The molecule has 0 radical (unpaired) electrons. The molecule has 0 spiro atoms. The zero-order valence-corrected chi connectivity index (χ0v) is 10.4. The fourth-order valence-corrected chi connectivity index (χ4v) is 1.96. The van der Waals surface area contributed by atoms with Crippen LogP contribution in [0.4, 0.5) is 4.39 Å². The number of H-pyrrole nitrogens is 1. The van der Waals surface area contributed by atoms with Crippen LogP contribution in [0.5, 0.6) is 5.75 Å². The number of methoxy groups -OCH3 is 1. The predicted molar refractivity (Wildman–Crippen MR) is 63.6 cm³/mol. The van der Waals surface area contributed by atoms with Gasteiger partial charge >= 0.3 is 0 Å². The van der Waals surface area contributed by atoms with Gasteiger partial charge in [-0.3, -0.25) is 4.79 Å². The van der Waals surface area contributed by atoms with E-state index in [1.807, 2.05) is 0 Å². The Morgan fingerprint density at radius 1 is 1.53 bits per heavy atom. The number of carbonyl (C=O) groups is 1. The summed E-state index contributed by atoms with van der Waals surface area (Å²) >= 11 is 3.19. The lowest BCUT2D eigenvalue weighted by atomic mass is 10.1. The van der Waals surface area contributed by atoms with Gasteiger partial charge < -0.3 is 9.72 Å². The maximum absolute atomic E-state index is 14.0. The van der Waals surface area contributed by atoms with E-state index in [9.17, 15) is 9.18 Å². The Morgan fingerprint density at radius 2 is 2.29 bits per heavy atom. The van der Waals surface area contributed by atoms with Crippen molar-refractivity contribution in [3.05, 3.63) is 34.4 Å². The molecule has 0 aliphatic heterocycles. The first-order valence-electron chi connectivity index (χ1n) is 4.71. The molecule has 0 aliphatic rings. The number of carbonyl (C=O) groups excluding carboxylic acids is 1. The third kappa shape index (κ3) is 2.08. The highest BCUT2D eigenvalue weighted by atomic mass is 79.9. The van der Waals surface area contributed by atoms with Crippen molar-refractivity contribution < 1.29 is 13.9 Å². The average molecular weight is 299 g/mol. The number of aldehydes is 1. The van der Waals surface area contributed by atoms with Crippen molar-refractivity contribution in [1.29, 1.82) is 0 Å². The third-order valence-electron chi connectivity index (χ3n) is 2.23. The van der Waals surface area contributed by atoms with Crippen molar-refractivity contribution >= 4 is 22.2 Å². The highest BCUT2D eigenvalue weighted by Gasteiger charge is 2.16. The van der Waals surface area contributed by atoms with Crippen molar-refractivity contribution in [1.82, 2.24) is 9.97 Å². The van der Waals surface area contributed by atoms with E-state index >= 15 is 0 Å². The molecule has 1 aromatic carbocycles. The van der Waals surface area contributed by atoms with E-state index in [0.29, 0.717) is 16.6 Å². The number of hydrogen-bond acceptors (Lipinski definition) is 3. The van der Waals surface area contributed by atoms with Crippen LogP contribution < -0.4 is 4.74 Å². The molecule has 0 fully saturated rings. The number of rotatable bonds is 3. The Labute approximate surface area is 105 Å². The number of aromatic nitrogens is 2. The van der Waals surface area contributed by atoms with Crippen LogP contribution in [-0.4, -0.2) is 23.4 Å². The molecule has 0 saturated heterocycles. The lowest BCUT2D eigenvalue weighted by Gasteiger charge is -2.05. The summed E-state index contributed by atoms with van der Waals surface area (Å²) in [5.74, 6) is -0.251. The molecule has 1 N–H and O–H groups in total. The Kier molecular flexibility index (Phi) is 3.23. The van der Waals surface area contributed by atoms with Gasteiger partial charge in [0.05, 0.1) is 7.11 Å². The fourth-order valence-electron chi connectivity index (χ4n) is 1.45. The van der Waals surface area contributed by atoms with Gasteiger partial charge in [0, 0.05) is 5.56 Å². The number of ether oxygens (including phenoxy) is 1. The van der Waals surface area contributed by atoms with Gasteiger partial charge in [0.15, 0.2) is 23.7 Å². The Balaban J connectivity index is 2.59. The molecule has 1 heterocycles. The number of aromatic amines is 1. The van der Waals surface area contributed by atoms with Crippen LogP contribution in [0.1, 0.15) is 10.6 Å². The summed E-state index contributed by atoms with van der Waals surface area (Å²) in [7, 11) is 1.39. The monoisotopic (exact) mass is 298 g/mol. The molecule has 0 unspecified atom stereocenters.